The van der Waals surface area contributed by atoms with Gasteiger partial charge in [-0.3, -0.25) is 4.90 Å². The van der Waals surface area contributed by atoms with Crippen molar-refractivity contribution < 1.29 is 19.0 Å². The van der Waals surface area contributed by atoms with Crippen LogP contribution in [0.3, 0.4) is 0 Å². The lowest BCUT2D eigenvalue weighted by atomic mass is 10.2. The molecule has 6 nitrogen and oxygen atoms in total. The topological polar surface area (TPSA) is 60.0 Å². The average molecular weight is 302 g/mol. The van der Waals surface area contributed by atoms with Crippen molar-refractivity contribution in [2.24, 2.45) is 5.92 Å². The van der Waals surface area contributed by atoms with Gasteiger partial charge >= 0.3 is 6.09 Å². The van der Waals surface area contributed by atoms with Crippen LogP contribution in [-0.2, 0) is 14.2 Å². The number of hydrogen-bond acceptors (Lipinski definition) is 5. The predicted molar refractivity (Wildman–Crippen MR) is 81.5 cm³/mol. The summed E-state index contributed by atoms with van der Waals surface area (Å²) >= 11 is 0. The van der Waals surface area contributed by atoms with Gasteiger partial charge in [0.1, 0.15) is 5.60 Å². The van der Waals surface area contributed by atoms with E-state index in [-0.39, 0.29) is 12.1 Å². The lowest BCUT2D eigenvalue weighted by molar-refractivity contribution is -0.0319. The van der Waals surface area contributed by atoms with Crippen molar-refractivity contribution in [1.82, 2.24) is 10.2 Å². The largest absolute Gasteiger partial charge is 0.444 e. The number of ether oxygens (including phenoxy) is 3. The predicted octanol–water partition coefficient (Wildman–Crippen LogP) is 1.49. The summed E-state index contributed by atoms with van der Waals surface area (Å²) in [6.07, 6.45) is -0.262. The van der Waals surface area contributed by atoms with Gasteiger partial charge < -0.3 is 19.5 Å². The van der Waals surface area contributed by atoms with Crippen LogP contribution in [0.1, 0.15) is 27.7 Å². The van der Waals surface area contributed by atoms with Gasteiger partial charge in [-0.2, -0.15) is 0 Å². The van der Waals surface area contributed by atoms with E-state index in [0.29, 0.717) is 32.2 Å². The summed E-state index contributed by atoms with van der Waals surface area (Å²) in [5.41, 5.74) is -0.472. The minimum atomic E-state index is -0.472. The second kappa shape index (κ2) is 8.56. The molecule has 1 heterocycles. The molecule has 1 N–H and O–H groups in total. The Kier molecular flexibility index (Phi) is 7.42. The fourth-order valence-corrected chi connectivity index (χ4v) is 2.22. The molecule has 124 valence electrons. The highest BCUT2D eigenvalue weighted by atomic mass is 16.6. The van der Waals surface area contributed by atoms with Crippen molar-refractivity contribution in [2.75, 3.05) is 46.6 Å². The van der Waals surface area contributed by atoms with E-state index in [1.807, 2.05) is 20.8 Å². The van der Waals surface area contributed by atoms with Gasteiger partial charge in [-0.05, 0) is 33.2 Å². The number of hydrogen-bond donors (Lipinski definition) is 1. The highest BCUT2D eigenvalue weighted by Gasteiger charge is 2.30. The average Bonchev–Trinajstić information content (AvgIpc) is 2.37. The van der Waals surface area contributed by atoms with Crippen molar-refractivity contribution in [3.05, 3.63) is 0 Å². The van der Waals surface area contributed by atoms with Crippen LogP contribution in [0.2, 0.25) is 0 Å². The Labute approximate surface area is 128 Å². The molecule has 0 aliphatic carbocycles. The SMILES string of the molecule is COCC(C)CNCC1COCCN1C(=O)OC(C)(C)C. The molecule has 6 heteroatoms. The molecule has 2 unspecified atom stereocenters. The summed E-state index contributed by atoms with van der Waals surface area (Å²) in [5.74, 6) is 0.439. The molecule has 1 aliphatic rings. The van der Waals surface area contributed by atoms with Crippen LogP contribution in [0.25, 0.3) is 0 Å². The molecule has 0 spiro atoms. The third-order valence-electron chi connectivity index (χ3n) is 3.18. The molecule has 1 fully saturated rings. The van der Waals surface area contributed by atoms with Crippen LogP contribution in [0.5, 0.6) is 0 Å². The van der Waals surface area contributed by atoms with Gasteiger partial charge in [-0.1, -0.05) is 6.92 Å². The van der Waals surface area contributed by atoms with Crippen LogP contribution in [0.4, 0.5) is 4.79 Å². The van der Waals surface area contributed by atoms with E-state index >= 15 is 0 Å². The zero-order valence-electron chi connectivity index (χ0n) is 14.0. The van der Waals surface area contributed by atoms with E-state index < -0.39 is 5.60 Å². The van der Waals surface area contributed by atoms with Crippen LogP contribution < -0.4 is 5.32 Å². The summed E-state index contributed by atoms with van der Waals surface area (Å²) in [7, 11) is 1.70. The summed E-state index contributed by atoms with van der Waals surface area (Å²) in [6, 6.07) is 0.0170. The molecule has 1 amide bonds. The van der Waals surface area contributed by atoms with Crippen molar-refractivity contribution in [1.29, 1.82) is 0 Å². The first-order chi connectivity index (χ1) is 9.83. The molecule has 0 bridgehead atoms. The van der Waals surface area contributed by atoms with Gasteiger partial charge in [0.2, 0.25) is 0 Å². The van der Waals surface area contributed by atoms with E-state index in [1.54, 1.807) is 12.0 Å². The molecule has 0 aromatic carbocycles. The normalized spacial score (nSPS) is 21.2. The van der Waals surface area contributed by atoms with Gasteiger partial charge in [0.05, 0.1) is 19.3 Å². The number of carbonyl (C=O) groups excluding carboxylic acids is 1. The van der Waals surface area contributed by atoms with Crippen molar-refractivity contribution in [3.63, 3.8) is 0 Å². The van der Waals surface area contributed by atoms with Crippen LogP contribution in [-0.4, -0.2) is 69.2 Å². The van der Waals surface area contributed by atoms with Gasteiger partial charge in [0.25, 0.3) is 0 Å². The first kappa shape index (κ1) is 18.2. The number of rotatable bonds is 6. The monoisotopic (exact) mass is 302 g/mol. The van der Waals surface area contributed by atoms with E-state index in [4.69, 9.17) is 14.2 Å². The zero-order chi connectivity index (χ0) is 15.9. The number of carbonyl (C=O) groups is 1. The Bertz CT molecular complexity index is 317. The fourth-order valence-electron chi connectivity index (χ4n) is 2.22. The highest BCUT2D eigenvalue weighted by molar-refractivity contribution is 5.68. The van der Waals surface area contributed by atoms with Crippen LogP contribution >= 0.6 is 0 Å². The van der Waals surface area contributed by atoms with Gasteiger partial charge in [-0.25, -0.2) is 4.79 Å². The van der Waals surface area contributed by atoms with E-state index in [9.17, 15) is 4.79 Å². The number of nitrogens with zero attached hydrogens (tertiary/aromatic N) is 1. The summed E-state index contributed by atoms with van der Waals surface area (Å²) in [6.45, 7) is 11.7. The molecule has 0 radical (unpaired) electrons. The summed E-state index contributed by atoms with van der Waals surface area (Å²) in [5, 5.41) is 3.38. The lowest BCUT2D eigenvalue weighted by Gasteiger charge is -2.36. The van der Waals surface area contributed by atoms with Crippen LogP contribution in [0.15, 0.2) is 0 Å². The number of nitrogens with one attached hydrogen (secondary N) is 1. The highest BCUT2D eigenvalue weighted by Crippen LogP contribution is 2.14. The standard InChI is InChI=1S/C15H30N2O4/c1-12(10-19-5)8-16-9-13-11-20-7-6-17(13)14(18)21-15(2,3)4/h12-13,16H,6-11H2,1-5H3. The maximum Gasteiger partial charge on any atom is 0.410 e. The smallest absolute Gasteiger partial charge is 0.410 e. The Hall–Kier alpha value is -0.850. The van der Waals surface area contributed by atoms with Crippen molar-refractivity contribution in [3.8, 4) is 0 Å². The summed E-state index contributed by atoms with van der Waals surface area (Å²) < 4.78 is 16.1. The molecule has 1 saturated heterocycles. The Balaban J connectivity index is 2.44. The molecule has 2 atom stereocenters. The minimum Gasteiger partial charge on any atom is -0.444 e. The van der Waals surface area contributed by atoms with Crippen molar-refractivity contribution >= 4 is 6.09 Å². The molecule has 0 aromatic rings. The van der Waals surface area contributed by atoms with Gasteiger partial charge in [0.15, 0.2) is 0 Å². The zero-order valence-corrected chi connectivity index (χ0v) is 14.0. The first-order valence-corrected chi connectivity index (χ1v) is 7.60. The molecule has 1 rings (SSSR count). The Morgan fingerprint density at radius 2 is 2.19 bits per heavy atom. The third-order valence-corrected chi connectivity index (χ3v) is 3.18. The van der Waals surface area contributed by atoms with Crippen LogP contribution in [0, 0.1) is 5.92 Å². The quantitative estimate of drug-likeness (QED) is 0.805. The molecule has 0 aromatic heterocycles. The summed E-state index contributed by atoms with van der Waals surface area (Å²) in [4.78, 5) is 14.0. The first-order valence-electron chi connectivity index (χ1n) is 7.60. The van der Waals surface area contributed by atoms with E-state index in [1.165, 1.54) is 0 Å². The lowest BCUT2D eigenvalue weighted by Crippen LogP contribution is -2.54. The molecular formula is C15H30N2O4. The Morgan fingerprint density at radius 1 is 1.48 bits per heavy atom. The maximum absolute atomic E-state index is 12.2. The Morgan fingerprint density at radius 3 is 2.81 bits per heavy atom. The third kappa shape index (κ3) is 7.11. The molecule has 1 aliphatic heterocycles. The van der Waals surface area contributed by atoms with Gasteiger partial charge in [0, 0.05) is 26.8 Å². The van der Waals surface area contributed by atoms with E-state index in [2.05, 4.69) is 12.2 Å². The fraction of sp³-hybridized carbons (Fsp3) is 0.933. The second-order valence-corrected chi connectivity index (χ2v) is 6.62. The molecular weight excluding hydrogens is 272 g/mol. The minimum absolute atomic E-state index is 0.0170. The maximum atomic E-state index is 12.2. The number of amides is 1. The molecule has 21 heavy (non-hydrogen) atoms. The molecule has 0 saturated carbocycles. The van der Waals surface area contributed by atoms with Gasteiger partial charge in [-0.15, -0.1) is 0 Å². The second-order valence-electron chi connectivity index (χ2n) is 6.62. The van der Waals surface area contributed by atoms with E-state index in [0.717, 1.165) is 13.2 Å². The van der Waals surface area contributed by atoms with Crippen molar-refractivity contribution in [2.45, 2.75) is 39.3 Å². The number of methoxy groups -OCH3 is 1. The number of morpholine rings is 1.